The molecule has 1 amide bonds. The van der Waals surface area contributed by atoms with E-state index in [2.05, 4.69) is 31.3 Å². The Morgan fingerprint density at radius 3 is 1.04 bits per heavy atom. The zero-order valence-electron chi connectivity index (χ0n) is 60.4. The van der Waals surface area contributed by atoms with Crippen LogP contribution in [0, 0.1) is 0 Å². The molecule has 3 rings (SSSR count). The van der Waals surface area contributed by atoms with Crippen LogP contribution in [0.3, 0.4) is 0 Å². The second kappa shape index (κ2) is 58.7. The van der Waals surface area contributed by atoms with Crippen molar-refractivity contribution in [2.45, 2.75) is 433 Å². The molecule has 19 nitrogen and oxygen atoms in total. The van der Waals surface area contributed by atoms with Gasteiger partial charge in [-0.25, -0.2) is 0 Å². The van der Waals surface area contributed by atoms with E-state index in [-0.39, 0.29) is 18.9 Å². The second-order valence-corrected chi connectivity index (χ2v) is 28.5. The van der Waals surface area contributed by atoms with Crippen molar-refractivity contribution < 1.29 is 89.4 Å². The summed E-state index contributed by atoms with van der Waals surface area (Å²) in [6, 6.07) is -0.988. The zero-order chi connectivity index (χ0) is 69.6. The minimum Gasteiger partial charge on any atom is -0.394 e. The second-order valence-electron chi connectivity index (χ2n) is 28.5. The van der Waals surface area contributed by atoms with Crippen LogP contribution in [0.15, 0.2) is 24.3 Å². The molecular formula is C77H145NO18. The number of aliphatic hydroxyl groups is 11. The summed E-state index contributed by atoms with van der Waals surface area (Å²) in [4.78, 5) is 13.4. The zero-order valence-corrected chi connectivity index (χ0v) is 60.4. The standard InChI is InChI=1S/C77H145NO18/c1-3-5-7-9-11-13-15-17-19-21-23-24-25-26-27-28-29-30-31-32-33-34-35-36-37-38-40-42-44-46-48-50-52-54-61(82)60(78-65(83)55-53-51-49-47-45-43-41-39-22-20-18-16-14-12-10-8-6-4-2)59-91-75-71(89)68(86)73(63(57-80)93-75)96-77-72(90)69(87)74(64(58-81)94-77)95-76-70(88)67(85)66(84)62(56-79)92-76/h44,46,52,54,60-64,66-77,79-82,84-90H,3-43,45,47-51,53,55-59H2,1-2H3,(H,78,83)/b46-44+,54-52+. The summed E-state index contributed by atoms with van der Waals surface area (Å²) in [7, 11) is 0. The summed E-state index contributed by atoms with van der Waals surface area (Å²) in [5, 5.41) is 121. The monoisotopic (exact) mass is 1370 g/mol. The number of aliphatic hydroxyl groups excluding tert-OH is 11. The van der Waals surface area contributed by atoms with Crippen LogP contribution in [0.4, 0.5) is 0 Å². The summed E-state index contributed by atoms with van der Waals surface area (Å²) < 4.78 is 34.4. The maximum Gasteiger partial charge on any atom is 0.220 e. The van der Waals surface area contributed by atoms with Crippen molar-refractivity contribution in [2.24, 2.45) is 0 Å². The summed E-state index contributed by atoms with van der Waals surface area (Å²) in [5.74, 6) is -0.279. The fraction of sp³-hybridized carbons (Fsp3) is 0.935. The van der Waals surface area contributed by atoms with Gasteiger partial charge in [0.25, 0.3) is 0 Å². The Kier molecular flexibility index (Phi) is 54.1. The third kappa shape index (κ3) is 39.1. The van der Waals surface area contributed by atoms with E-state index in [0.717, 1.165) is 38.5 Å². The van der Waals surface area contributed by atoms with Crippen LogP contribution in [0.1, 0.15) is 328 Å². The van der Waals surface area contributed by atoms with Gasteiger partial charge in [-0.15, -0.1) is 0 Å². The smallest absolute Gasteiger partial charge is 0.220 e. The molecular weight excluding hydrogens is 1230 g/mol. The number of hydrogen-bond donors (Lipinski definition) is 12. The molecule has 0 aromatic rings. The van der Waals surface area contributed by atoms with Crippen LogP contribution < -0.4 is 5.32 Å². The SMILES string of the molecule is CCCCCCCCCCCCCCCCCCCCCCCCCCCCC/C=C/CC/C=C/C(O)C(COC1OC(CO)C(OC2OC(CO)C(OC3OC(CO)C(O)C(O)C3O)C(O)C2O)C(O)C1O)NC(=O)CCCCCCCCCCCCCCCCCCCC. The molecule has 19 heteroatoms. The molecule has 3 heterocycles. The maximum atomic E-state index is 13.4. The van der Waals surface area contributed by atoms with Gasteiger partial charge in [0.05, 0.1) is 38.6 Å². The summed E-state index contributed by atoms with van der Waals surface area (Å²) in [6.07, 6.45) is 43.3. The number of amides is 1. The van der Waals surface area contributed by atoms with Crippen molar-refractivity contribution in [1.29, 1.82) is 0 Å². The highest BCUT2D eigenvalue weighted by Crippen LogP contribution is 2.33. The first-order valence-electron chi connectivity index (χ1n) is 39.6. The molecule has 566 valence electrons. The molecule has 0 spiro atoms. The number of carbonyl (C=O) groups is 1. The highest BCUT2D eigenvalue weighted by molar-refractivity contribution is 5.76. The van der Waals surface area contributed by atoms with Gasteiger partial charge in [0.2, 0.25) is 5.91 Å². The lowest BCUT2D eigenvalue weighted by Crippen LogP contribution is -2.66. The van der Waals surface area contributed by atoms with Crippen LogP contribution in [-0.4, -0.2) is 193 Å². The van der Waals surface area contributed by atoms with Gasteiger partial charge in [0.1, 0.15) is 73.2 Å². The number of hydrogen-bond acceptors (Lipinski definition) is 18. The minimum absolute atomic E-state index is 0.241. The number of unbranched alkanes of at least 4 members (excludes halogenated alkanes) is 45. The van der Waals surface area contributed by atoms with E-state index in [1.54, 1.807) is 6.08 Å². The molecule has 0 bridgehead atoms. The molecule has 0 aromatic carbocycles. The third-order valence-corrected chi connectivity index (χ3v) is 20.0. The maximum absolute atomic E-state index is 13.4. The van der Waals surface area contributed by atoms with Crippen LogP contribution in [-0.2, 0) is 33.2 Å². The van der Waals surface area contributed by atoms with Gasteiger partial charge in [0, 0.05) is 6.42 Å². The lowest BCUT2D eigenvalue weighted by molar-refractivity contribution is -0.379. The van der Waals surface area contributed by atoms with E-state index in [1.165, 1.54) is 257 Å². The topological polar surface area (TPSA) is 307 Å². The molecule has 12 N–H and O–H groups in total. The Balaban J connectivity index is 1.37. The van der Waals surface area contributed by atoms with E-state index in [0.29, 0.717) is 12.8 Å². The van der Waals surface area contributed by atoms with Crippen LogP contribution >= 0.6 is 0 Å². The van der Waals surface area contributed by atoms with Crippen molar-refractivity contribution in [3.8, 4) is 0 Å². The van der Waals surface area contributed by atoms with Crippen molar-refractivity contribution in [3.05, 3.63) is 24.3 Å². The van der Waals surface area contributed by atoms with E-state index < -0.39 is 124 Å². The normalized spacial score (nSPS) is 27.1. The number of rotatable bonds is 63. The van der Waals surface area contributed by atoms with Crippen molar-refractivity contribution >= 4 is 5.91 Å². The number of allylic oxidation sites excluding steroid dienone is 3. The average molecular weight is 1370 g/mol. The van der Waals surface area contributed by atoms with E-state index in [4.69, 9.17) is 28.4 Å². The van der Waals surface area contributed by atoms with Gasteiger partial charge >= 0.3 is 0 Å². The van der Waals surface area contributed by atoms with Crippen LogP contribution in [0.2, 0.25) is 0 Å². The summed E-state index contributed by atoms with van der Waals surface area (Å²) in [5.41, 5.74) is 0. The fourth-order valence-corrected chi connectivity index (χ4v) is 13.6. The number of nitrogens with one attached hydrogen (secondary N) is 1. The summed E-state index contributed by atoms with van der Waals surface area (Å²) >= 11 is 0. The van der Waals surface area contributed by atoms with Crippen molar-refractivity contribution in [2.75, 3.05) is 26.4 Å². The molecule has 0 aliphatic carbocycles. The summed E-state index contributed by atoms with van der Waals surface area (Å²) in [6.45, 7) is 1.77. The molecule has 3 aliphatic rings. The average Bonchev–Trinajstić information content (AvgIpc) is 0.786. The number of carbonyl (C=O) groups excluding carboxylic acids is 1. The van der Waals surface area contributed by atoms with Gasteiger partial charge < -0.3 is 89.9 Å². The first kappa shape index (κ1) is 88.5. The van der Waals surface area contributed by atoms with E-state index in [9.17, 15) is 61.0 Å². The lowest BCUT2D eigenvalue weighted by atomic mass is 9.96. The van der Waals surface area contributed by atoms with Gasteiger partial charge in [-0.1, -0.05) is 314 Å². The fourth-order valence-electron chi connectivity index (χ4n) is 13.6. The van der Waals surface area contributed by atoms with Crippen molar-refractivity contribution in [3.63, 3.8) is 0 Å². The third-order valence-electron chi connectivity index (χ3n) is 20.0. The molecule has 0 aromatic heterocycles. The Labute approximate surface area is 581 Å². The molecule has 0 radical (unpaired) electrons. The quantitative estimate of drug-likeness (QED) is 0.0199. The Bertz CT molecular complexity index is 1830. The van der Waals surface area contributed by atoms with Gasteiger partial charge in [0.15, 0.2) is 18.9 Å². The molecule has 0 saturated carbocycles. The molecule has 17 atom stereocenters. The Hall–Kier alpha value is -1.73. The Morgan fingerprint density at radius 2 is 0.667 bits per heavy atom. The van der Waals surface area contributed by atoms with E-state index >= 15 is 0 Å². The van der Waals surface area contributed by atoms with Crippen LogP contribution in [0.25, 0.3) is 0 Å². The van der Waals surface area contributed by atoms with Crippen LogP contribution in [0.5, 0.6) is 0 Å². The van der Waals surface area contributed by atoms with Gasteiger partial charge in [-0.2, -0.15) is 0 Å². The molecule has 3 fully saturated rings. The number of ether oxygens (including phenoxy) is 6. The molecule has 3 saturated heterocycles. The largest absolute Gasteiger partial charge is 0.394 e. The van der Waals surface area contributed by atoms with E-state index in [1.807, 2.05) is 6.08 Å². The first-order chi connectivity index (χ1) is 46.8. The predicted molar refractivity (Wildman–Crippen MR) is 379 cm³/mol. The molecule has 17 unspecified atom stereocenters. The minimum atomic E-state index is -1.98. The highest BCUT2D eigenvalue weighted by Gasteiger charge is 2.53. The van der Waals surface area contributed by atoms with Crippen molar-refractivity contribution in [1.82, 2.24) is 5.32 Å². The predicted octanol–water partition coefficient (Wildman–Crippen LogP) is 12.6. The lowest BCUT2D eigenvalue weighted by Gasteiger charge is -2.48. The first-order valence-corrected chi connectivity index (χ1v) is 39.6. The van der Waals surface area contributed by atoms with Gasteiger partial charge in [-0.05, 0) is 32.1 Å². The Morgan fingerprint density at radius 1 is 0.365 bits per heavy atom. The highest BCUT2D eigenvalue weighted by atomic mass is 16.8. The molecule has 96 heavy (non-hydrogen) atoms. The van der Waals surface area contributed by atoms with Gasteiger partial charge in [-0.3, -0.25) is 4.79 Å². The molecule has 3 aliphatic heterocycles.